The van der Waals surface area contributed by atoms with E-state index in [4.69, 9.17) is 4.74 Å². The van der Waals surface area contributed by atoms with Crippen LogP contribution in [0.1, 0.15) is 31.2 Å². The Hall–Kier alpha value is -0.900. The van der Waals surface area contributed by atoms with E-state index in [0.29, 0.717) is 6.61 Å². The van der Waals surface area contributed by atoms with Crippen LogP contribution in [0.3, 0.4) is 0 Å². The second-order valence-electron chi connectivity index (χ2n) is 4.64. The van der Waals surface area contributed by atoms with Gasteiger partial charge in [0.1, 0.15) is 0 Å². The number of hydrogen-bond acceptors (Lipinski definition) is 3. The first kappa shape index (κ1) is 13.5. The van der Waals surface area contributed by atoms with Gasteiger partial charge in [-0.15, -0.1) is 11.3 Å². The molecule has 3 heteroatoms. The zero-order valence-corrected chi connectivity index (χ0v) is 12.1. The highest BCUT2D eigenvalue weighted by molar-refractivity contribution is 7.19. The Morgan fingerprint density at radius 1 is 1.28 bits per heavy atom. The highest BCUT2D eigenvalue weighted by Gasteiger charge is 2.12. The van der Waals surface area contributed by atoms with Gasteiger partial charge in [-0.3, -0.25) is 0 Å². The molecule has 1 aromatic carbocycles. The molecule has 2 rings (SSSR count). The van der Waals surface area contributed by atoms with Crippen LogP contribution in [-0.2, 0) is 17.9 Å². The Morgan fingerprint density at radius 3 is 2.78 bits per heavy atom. The average Bonchev–Trinajstić information content (AvgIpc) is 2.71. The van der Waals surface area contributed by atoms with E-state index >= 15 is 0 Å². The minimum Gasteiger partial charge on any atom is -0.374 e. The second-order valence-corrected chi connectivity index (χ2v) is 5.78. The van der Waals surface area contributed by atoms with Crippen LogP contribution in [0.5, 0.6) is 0 Å². The van der Waals surface area contributed by atoms with Gasteiger partial charge in [0.15, 0.2) is 0 Å². The van der Waals surface area contributed by atoms with Gasteiger partial charge in [0.2, 0.25) is 0 Å². The van der Waals surface area contributed by atoms with Gasteiger partial charge in [0, 0.05) is 21.7 Å². The highest BCUT2D eigenvalue weighted by Crippen LogP contribution is 2.32. The smallest absolute Gasteiger partial charge is 0.0737 e. The van der Waals surface area contributed by atoms with E-state index in [-0.39, 0.29) is 6.10 Å². The third-order valence-corrected chi connectivity index (χ3v) is 4.09. The maximum absolute atomic E-state index is 5.79. The summed E-state index contributed by atoms with van der Waals surface area (Å²) in [6, 6.07) is 8.59. The van der Waals surface area contributed by atoms with E-state index in [9.17, 15) is 0 Å². The topological polar surface area (TPSA) is 21.3 Å². The molecular weight excluding hydrogens is 242 g/mol. The quantitative estimate of drug-likeness (QED) is 0.852. The normalized spacial score (nSPS) is 11.6. The van der Waals surface area contributed by atoms with Crippen LogP contribution in [0, 0.1) is 0 Å². The fourth-order valence-corrected chi connectivity index (χ4v) is 3.12. The van der Waals surface area contributed by atoms with Gasteiger partial charge in [-0.2, -0.15) is 0 Å². The number of ether oxygens (including phenoxy) is 1. The molecule has 0 saturated heterocycles. The molecule has 0 amide bonds. The fourth-order valence-electron chi connectivity index (χ4n) is 1.94. The number of thiophene rings is 1. The molecule has 0 atom stereocenters. The van der Waals surface area contributed by atoms with E-state index < -0.39 is 0 Å². The standard InChI is InChI=1S/C15H21NOS/c1-4-16-9-15-13(10-17-11(2)3)12-7-5-6-8-14(12)18-15/h5-8,11,16H,4,9-10H2,1-3H3. The number of rotatable bonds is 6. The van der Waals surface area contributed by atoms with Crippen LogP contribution in [0.2, 0.25) is 0 Å². The Balaban J connectivity index is 2.31. The van der Waals surface area contributed by atoms with Gasteiger partial charge < -0.3 is 10.1 Å². The maximum Gasteiger partial charge on any atom is 0.0737 e. The number of nitrogens with one attached hydrogen (secondary N) is 1. The van der Waals surface area contributed by atoms with Crippen molar-refractivity contribution in [2.45, 2.75) is 40.0 Å². The molecule has 2 aromatic rings. The molecule has 0 fully saturated rings. The number of fused-ring (bicyclic) bond motifs is 1. The minimum atomic E-state index is 0.274. The predicted molar refractivity (Wildman–Crippen MR) is 79.1 cm³/mol. The predicted octanol–water partition coefficient (Wildman–Crippen LogP) is 3.94. The van der Waals surface area contributed by atoms with Crippen molar-refractivity contribution >= 4 is 21.4 Å². The summed E-state index contributed by atoms with van der Waals surface area (Å²) in [5.41, 5.74) is 1.35. The SMILES string of the molecule is CCNCc1sc2ccccc2c1COC(C)C. The Kier molecular flexibility index (Phi) is 4.75. The highest BCUT2D eigenvalue weighted by atomic mass is 32.1. The third kappa shape index (κ3) is 3.10. The molecule has 0 unspecified atom stereocenters. The van der Waals surface area contributed by atoms with Gasteiger partial charge in [-0.1, -0.05) is 25.1 Å². The van der Waals surface area contributed by atoms with Crippen molar-refractivity contribution in [3.63, 3.8) is 0 Å². The van der Waals surface area contributed by atoms with Crippen LogP contribution in [0.4, 0.5) is 0 Å². The van der Waals surface area contributed by atoms with Crippen molar-refractivity contribution in [2.75, 3.05) is 6.54 Å². The monoisotopic (exact) mass is 263 g/mol. The van der Waals surface area contributed by atoms with Crippen LogP contribution in [-0.4, -0.2) is 12.6 Å². The lowest BCUT2D eigenvalue weighted by molar-refractivity contribution is 0.0661. The summed E-state index contributed by atoms with van der Waals surface area (Å²) in [5.74, 6) is 0. The molecule has 0 spiro atoms. The van der Waals surface area contributed by atoms with Crippen molar-refractivity contribution in [2.24, 2.45) is 0 Å². The van der Waals surface area contributed by atoms with Crippen LogP contribution >= 0.6 is 11.3 Å². The molecule has 1 N–H and O–H groups in total. The molecule has 0 aliphatic heterocycles. The molecule has 98 valence electrons. The lowest BCUT2D eigenvalue weighted by atomic mass is 10.1. The molecule has 1 heterocycles. The van der Waals surface area contributed by atoms with Gasteiger partial charge in [0.05, 0.1) is 12.7 Å². The summed E-state index contributed by atoms with van der Waals surface area (Å²) in [6.45, 7) is 8.95. The van der Waals surface area contributed by atoms with Crippen molar-refractivity contribution in [1.82, 2.24) is 5.32 Å². The summed E-state index contributed by atoms with van der Waals surface area (Å²) in [5, 5.41) is 4.75. The summed E-state index contributed by atoms with van der Waals surface area (Å²) in [4.78, 5) is 1.40. The molecule has 0 radical (unpaired) electrons. The Morgan fingerprint density at radius 2 is 2.06 bits per heavy atom. The van der Waals surface area contributed by atoms with E-state index in [1.54, 1.807) is 0 Å². The van der Waals surface area contributed by atoms with Crippen LogP contribution < -0.4 is 5.32 Å². The lowest BCUT2D eigenvalue weighted by Gasteiger charge is -2.09. The zero-order chi connectivity index (χ0) is 13.0. The lowest BCUT2D eigenvalue weighted by Crippen LogP contribution is -2.12. The minimum absolute atomic E-state index is 0.274. The first-order valence-electron chi connectivity index (χ1n) is 6.54. The molecule has 2 nitrogen and oxygen atoms in total. The van der Waals surface area contributed by atoms with Gasteiger partial charge >= 0.3 is 0 Å². The largest absolute Gasteiger partial charge is 0.374 e. The summed E-state index contributed by atoms with van der Waals surface area (Å²) >= 11 is 1.87. The first-order valence-corrected chi connectivity index (χ1v) is 7.35. The Bertz CT molecular complexity index is 504. The van der Waals surface area contributed by atoms with E-state index in [1.165, 1.54) is 20.5 Å². The van der Waals surface area contributed by atoms with Gasteiger partial charge in [0.25, 0.3) is 0 Å². The maximum atomic E-state index is 5.79. The van der Waals surface area contributed by atoms with E-state index in [2.05, 4.69) is 50.4 Å². The zero-order valence-electron chi connectivity index (χ0n) is 11.3. The fraction of sp³-hybridized carbons (Fsp3) is 0.467. The van der Waals surface area contributed by atoms with Crippen molar-refractivity contribution in [1.29, 1.82) is 0 Å². The molecular formula is C15H21NOS. The molecule has 0 bridgehead atoms. The molecule has 0 aliphatic rings. The summed E-state index contributed by atoms with van der Waals surface area (Å²) in [6.07, 6.45) is 0.274. The van der Waals surface area contributed by atoms with Crippen molar-refractivity contribution in [3.05, 3.63) is 34.7 Å². The first-order chi connectivity index (χ1) is 8.72. The molecule has 0 aliphatic carbocycles. The van der Waals surface area contributed by atoms with Crippen molar-refractivity contribution in [3.8, 4) is 0 Å². The van der Waals surface area contributed by atoms with E-state index in [1.807, 2.05) is 11.3 Å². The third-order valence-electron chi connectivity index (χ3n) is 2.88. The van der Waals surface area contributed by atoms with Crippen molar-refractivity contribution < 1.29 is 4.74 Å². The molecule has 1 aromatic heterocycles. The summed E-state index contributed by atoms with van der Waals surface area (Å²) < 4.78 is 7.15. The Labute approximate surface area is 113 Å². The van der Waals surface area contributed by atoms with Gasteiger partial charge in [-0.05, 0) is 31.8 Å². The second kappa shape index (κ2) is 6.32. The van der Waals surface area contributed by atoms with Crippen LogP contribution in [0.15, 0.2) is 24.3 Å². The number of hydrogen-bond donors (Lipinski definition) is 1. The molecule has 18 heavy (non-hydrogen) atoms. The van der Waals surface area contributed by atoms with Crippen LogP contribution in [0.25, 0.3) is 10.1 Å². The van der Waals surface area contributed by atoms with Gasteiger partial charge in [-0.25, -0.2) is 0 Å². The van der Waals surface area contributed by atoms with E-state index in [0.717, 1.165) is 13.1 Å². The average molecular weight is 263 g/mol. The molecule has 0 saturated carbocycles. The summed E-state index contributed by atoms with van der Waals surface area (Å²) in [7, 11) is 0. The number of benzene rings is 1.